The molecule has 16 nitrogen and oxygen atoms in total. The molecule has 1 heterocycles. The van der Waals surface area contributed by atoms with Crippen LogP contribution in [0, 0.1) is 17.8 Å². The van der Waals surface area contributed by atoms with Crippen LogP contribution in [0.25, 0.3) is 0 Å². The second-order valence-electron chi connectivity index (χ2n) is 14.2. The van der Waals surface area contributed by atoms with E-state index in [0.717, 1.165) is 61.3 Å². The van der Waals surface area contributed by atoms with E-state index in [4.69, 9.17) is 14.0 Å². The number of ketones is 1. The Morgan fingerprint density at radius 1 is 0.855 bits per heavy atom. The average molecular weight is 811 g/mol. The van der Waals surface area contributed by atoms with Crippen LogP contribution in [-0.4, -0.2) is 77.2 Å². The molecule has 3 N–H and O–H groups in total. The topological polar surface area (TPSA) is 237 Å². The summed E-state index contributed by atoms with van der Waals surface area (Å²) in [5, 5.41) is 46.0. The predicted molar refractivity (Wildman–Crippen MR) is 191 cm³/mol. The molecule has 3 saturated carbocycles. The summed E-state index contributed by atoms with van der Waals surface area (Å²) in [6.45, 7) is 0. The van der Waals surface area contributed by atoms with E-state index < -0.39 is 51.0 Å². The number of aliphatic hydroxyl groups excluding tert-OH is 2. The maximum absolute atomic E-state index is 13.0. The largest absolute Gasteiger partial charge is 1.00 e. The van der Waals surface area contributed by atoms with Gasteiger partial charge in [-0.15, -0.1) is 4.33 Å². The summed E-state index contributed by atoms with van der Waals surface area (Å²) in [6.07, 6.45) is 7.21. The normalized spacial score (nSPS) is 27.7. The van der Waals surface area contributed by atoms with Crippen LogP contribution < -0.4 is 39.7 Å². The molecule has 3 aliphatic carbocycles. The van der Waals surface area contributed by atoms with E-state index in [-0.39, 0.29) is 71.0 Å². The Balaban J connectivity index is 0.00000580. The van der Waals surface area contributed by atoms with Gasteiger partial charge in [-0.3, -0.25) is 14.2 Å². The predicted octanol–water partition coefficient (Wildman–Crippen LogP) is 1.07. The van der Waals surface area contributed by atoms with Gasteiger partial charge in [0.2, 0.25) is 0 Å². The Bertz CT molecular complexity index is 1820. The molecule has 19 heteroatoms. The molecular formula is C36H43N4NaO12S2. The summed E-state index contributed by atoms with van der Waals surface area (Å²) in [5.41, 5.74) is -0.176. The molecule has 2 aromatic carbocycles. The number of carbonyl (C=O) groups excluding carboxylic acids is 3. The maximum atomic E-state index is 13.0. The van der Waals surface area contributed by atoms with Crippen molar-refractivity contribution < 1.29 is 86.2 Å². The molecule has 0 bridgehead atoms. The molecule has 2 aromatic rings. The first-order valence-corrected chi connectivity index (χ1v) is 20.3. The van der Waals surface area contributed by atoms with Gasteiger partial charge in [0.05, 0.1) is 58.5 Å². The standard InChI is InChI=1S/C36H44N4O12S2.Na/c41-30-20-26(14-19-29(30)33(42)21-4-2-1-3-5-21)50-25-12-6-22(7-13-25)36(46)51-52-53-27-15-8-23(9-16-27)37-38-31-32(35(44)45)39-40(34(31)43)24-10-17-28(18-11-24)54(47,48)49;/h8-11,15-18,21-22,25-26,29-31,34,41,43H,1-7,12-14,19-20H2,(H,44,45)(H,47,48,49);/q;+1/p-1. The number of hydrazone groups is 1. The Morgan fingerprint density at radius 2 is 1.51 bits per heavy atom. The minimum absolute atomic E-state index is 0. The third-order valence-corrected chi connectivity index (χ3v) is 12.0. The summed E-state index contributed by atoms with van der Waals surface area (Å²) in [4.78, 5) is 42.6. The molecule has 6 rings (SSSR count). The quantitative estimate of drug-likeness (QED) is 0.0641. The van der Waals surface area contributed by atoms with Gasteiger partial charge in [-0.05, 0) is 99.9 Å². The summed E-state index contributed by atoms with van der Waals surface area (Å²) in [5.74, 6) is -2.47. The number of carboxylic acid groups (broad SMARTS) is 1. The SMILES string of the molecule is O=C([O-])C1=NN(c2ccc(S(=O)(=O)O)cc2)C(O)C1N=Nc1ccc(SOOC(=O)C2CCC(OC3CCC(C(=O)C4CCCCC4)C(O)C3)CC2)cc1.[Na+]. The molecule has 0 amide bonds. The second kappa shape index (κ2) is 19.6. The van der Waals surface area contributed by atoms with Crippen LogP contribution in [0.2, 0.25) is 0 Å². The number of benzene rings is 2. The van der Waals surface area contributed by atoms with E-state index in [0.29, 0.717) is 49.1 Å². The molecule has 1 aliphatic heterocycles. The Kier molecular flexibility index (Phi) is 15.4. The average Bonchev–Trinajstić information content (AvgIpc) is 3.50. The number of azo groups is 1. The molecule has 3 fully saturated rings. The van der Waals surface area contributed by atoms with Gasteiger partial charge in [-0.1, -0.05) is 19.3 Å². The monoisotopic (exact) mass is 810 g/mol. The van der Waals surface area contributed by atoms with Crippen molar-refractivity contribution >= 4 is 57.0 Å². The number of rotatable bonds is 13. The van der Waals surface area contributed by atoms with Crippen molar-refractivity contribution in [3.05, 3.63) is 48.5 Å². The van der Waals surface area contributed by atoms with Crippen LogP contribution in [0.4, 0.5) is 11.4 Å². The number of carboxylic acids is 1. The van der Waals surface area contributed by atoms with Crippen molar-refractivity contribution in [2.45, 2.75) is 117 Å². The number of aliphatic carboxylic acids is 1. The first-order valence-electron chi connectivity index (χ1n) is 18.1. The number of hydrogen-bond acceptors (Lipinski definition) is 16. The van der Waals surface area contributed by atoms with Gasteiger partial charge in [0.15, 0.2) is 12.3 Å². The molecule has 0 radical (unpaired) electrons. The minimum Gasteiger partial charge on any atom is -0.543 e. The third-order valence-electron chi connectivity index (χ3n) is 10.6. The number of carbonyl (C=O) groups is 3. The summed E-state index contributed by atoms with van der Waals surface area (Å²) < 4.78 is 43.3. The van der Waals surface area contributed by atoms with E-state index >= 15 is 0 Å². The summed E-state index contributed by atoms with van der Waals surface area (Å²) in [6, 6.07) is 9.43. The van der Waals surface area contributed by atoms with E-state index in [2.05, 4.69) is 15.3 Å². The zero-order valence-electron chi connectivity index (χ0n) is 30.3. The van der Waals surface area contributed by atoms with Crippen molar-refractivity contribution in [3.8, 4) is 0 Å². The minimum atomic E-state index is -4.46. The molecule has 0 aromatic heterocycles. The van der Waals surface area contributed by atoms with Crippen LogP contribution in [0.15, 0.2) is 73.7 Å². The number of hydrogen-bond donors (Lipinski definition) is 3. The molecular weight excluding hydrogens is 768 g/mol. The third kappa shape index (κ3) is 11.2. The fourth-order valence-corrected chi connectivity index (χ4v) is 8.49. The number of ether oxygens (including phenoxy) is 1. The van der Waals surface area contributed by atoms with Crippen LogP contribution in [0.5, 0.6) is 0 Å². The molecule has 0 spiro atoms. The number of anilines is 1. The fourth-order valence-electron chi connectivity index (χ4n) is 7.58. The van der Waals surface area contributed by atoms with E-state index in [1.165, 1.54) is 18.6 Å². The number of aliphatic hydroxyl groups is 2. The van der Waals surface area contributed by atoms with Gasteiger partial charge in [-0.25, -0.2) is 9.80 Å². The Morgan fingerprint density at radius 3 is 2.13 bits per heavy atom. The summed E-state index contributed by atoms with van der Waals surface area (Å²) in [7, 11) is -4.46. The first-order chi connectivity index (χ1) is 25.9. The van der Waals surface area contributed by atoms with Crippen molar-refractivity contribution in [2.24, 2.45) is 33.1 Å². The van der Waals surface area contributed by atoms with Crippen molar-refractivity contribution in [2.75, 3.05) is 5.01 Å². The number of Topliss-reactive ketones (excluding diaryl/α,β-unsaturated/α-hetero) is 1. The van der Waals surface area contributed by atoms with E-state index in [1.54, 1.807) is 24.3 Å². The van der Waals surface area contributed by atoms with Gasteiger partial charge in [0.25, 0.3) is 10.1 Å². The van der Waals surface area contributed by atoms with Crippen molar-refractivity contribution in [1.82, 2.24) is 0 Å². The molecule has 292 valence electrons. The number of nitrogens with zero attached hydrogens (tertiary/aromatic N) is 4. The van der Waals surface area contributed by atoms with Crippen molar-refractivity contribution in [1.29, 1.82) is 0 Å². The van der Waals surface area contributed by atoms with Crippen LogP contribution in [0.3, 0.4) is 0 Å². The van der Waals surface area contributed by atoms with Crippen LogP contribution >= 0.6 is 12.0 Å². The van der Waals surface area contributed by atoms with Gasteiger partial charge in [0.1, 0.15) is 11.5 Å². The van der Waals surface area contributed by atoms with Gasteiger partial charge in [0, 0.05) is 23.2 Å². The Hall–Kier alpha value is -2.78. The van der Waals surface area contributed by atoms with Crippen molar-refractivity contribution in [3.63, 3.8) is 0 Å². The Labute approximate surface area is 345 Å². The summed E-state index contributed by atoms with van der Waals surface area (Å²) >= 11 is 0.812. The zero-order valence-corrected chi connectivity index (χ0v) is 34.0. The second-order valence-corrected chi connectivity index (χ2v) is 16.4. The first kappa shape index (κ1) is 43.3. The fraction of sp³-hybridized carbons (Fsp3) is 0.556. The van der Waals surface area contributed by atoms with E-state index in [1.807, 2.05) is 0 Å². The molecule has 55 heavy (non-hydrogen) atoms. The smallest absolute Gasteiger partial charge is 0.543 e. The zero-order chi connectivity index (χ0) is 38.4. The van der Waals surface area contributed by atoms with Crippen LogP contribution in [-0.2, 0) is 38.5 Å². The molecule has 4 aliphatic rings. The maximum Gasteiger partial charge on any atom is 1.00 e. The van der Waals surface area contributed by atoms with Gasteiger partial charge >= 0.3 is 35.5 Å². The molecule has 5 unspecified atom stereocenters. The van der Waals surface area contributed by atoms with Crippen LogP contribution in [0.1, 0.15) is 77.0 Å². The van der Waals surface area contributed by atoms with Gasteiger partial charge < -0.3 is 24.9 Å². The van der Waals surface area contributed by atoms with Gasteiger partial charge in [-0.2, -0.15) is 23.7 Å². The molecule has 0 saturated heterocycles. The molecule has 5 atom stereocenters. The van der Waals surface area contributed by atoms with E-state index in [9.17, 15) is 42.7 Å².